The second kappa shape index (κ2) is 5.79. The number of carboxylic acids is 1. The van der Waals surface area contributed by atoms with Crippen molar-refractivity contribution in [3.05, 3.63) is 33.8 Å². The zero-order valence-electron chi connectivity index (χ0n) is 9.11. The number of carboxylic acid groups (broad SMARTS) is 1. The van der Waals surface area contributed by atoms with E-state index in [9.17, 15) is 9.59 Å². The Balaban J connectivity index is 2.64. The van der Waals surface area contributed by atoms with Crippen LogP contribution in [0.15, 0.2) is 22.7 Å². The summed E-state index contributed by atoms with van der Waals surface area (Å²) in [7, 11) is 0. The van der Waals surface area contributed by atoms with Crippen molar-refractivity contribution in [2.45, 2.75) is 13.0 Å². The zero-order valence-corrected chi connectivity index (χ0v) is 10.7. The zero-order chi connectivity index (χ0) is 13.0. The molecule has 0 radical (unpaired) electrons. The van der Waals surface area contributed by atoms with E-state index in [1.807, 2.05) is 6.92 Å². The molecule has 5 nitrogen and oxygen atoms in total. The molecule has 1 aromatic carbocycles. The van der Waals surface area contributed by atoms with Gasteiger partial charge in [-0.25, -0.2) is 4.79 Å². The third-order valence-electron chi connectivity index (χ3n) is 2.18. The van der Waals surface area contributed by atoms with Crippen LogP contribution in [-0.4, -0.2) is 34.7 Å². The Morgan fingerprint density at radius 1 is 1.47 bits per heavy atom. The van der Waals surface area contributed by atoms with Crippen molar-refractivity contribution in [3.63, 3.8) is 0 Å². The lowest BCUT2D eigenvalue weighted by Crippen LogP contribution is -2.36. The van der Waals surface area contributed by atoms with E-state index < -0.39 is 18.0 Å². The Morgan fingerprint density at radius 2 is 2.12 bits per heavy atom. The number of aliphatic hydroxyl groups is 1. The van der Waals surface area contributed by atoms with Crippen molar-refractivity contribution in [2.24, 2.45) is 0 Å². The van der Waals surface area contributed by atoms with E-state index in [2.05, 4.69) is 21.2 Å². The van der Waals surface area contributed by atoms with Crippen LogP contribution in [0.5, 0.6) is 0 Å². The molecule has 0 saturated heterocycles. The minimum Gasteiger partial charge on any atom is -0.479 e. The van der Waals surface area contributed by atoms with E-state index >= 15 is 0 Å². The number of hydrogen-bond donors (Lipinski definition) is 3. The van der Waals surface area contributed by atoms with E-state index in [1.165, 1.54) is 0 Å². The van der Waals surface area contributed by atoms with Gasteiger partial charge in [0.05, 0.1) is 6.54 Å². The van der Waals surface area contributed by atoms with Crippen LogP contribution in [0.4, 0.5) is 0 Å². The average molecular weight is 302 g/mol. The average Bonchev–Trinajstić information content (AvgIpc) is 2.28. The SMILES string of the molecule is Cc1ccc(C(=O)NCC(O)C(=O)O)cc1Br. The summed E-state index contributed by atoms with van der Waals surface area (Å²) in [5.74, 6) is -1.79. The van der Waals surface area contributed by atoms with Crippen LogP contribution in [0.2, 0.25) is 0 Å². The van der Waals surface area contributed by atoms with Crippen molar-refractivity contribution in [1.29, 1.82) is 0 Å². The van der Waals surface area contributed by atoms with Gasteiger partial charge in [0, 0.05) is 10.0 Å². The number of carbonyl (C=O) groups is 2. The largest absolute Gasteiger partial charge is 0.479 e. The van der Waals surface area contributed by atoms with Gasteiger partial charge in [-0.3, -0.25) is 4.79 Å². The number of aliphatic hydroxyl groups excluding tert-OH is 1. The van der Waals surface area contributed by atoms with Gasteiger partial charge < -0.3 is 15.5 Å². The predicted molar refractivity (Wildman–Crippen MR) is 64.9 cm³/mol. The number of amides is 1. The summed E-state index contributed by atoms with van der Waals surface area (Å²) in [5, 5.41) is 19.8. The summed E-state index contributed by atoms with van der Waals surface area (Å²) in [6.07, 6.45) is -1.59. The van der Waals surface area contributed by atoms with Gasteiger partial charge in [-0.1, -0.05) is 22.0 Å². The molecule has 17 heavy (non-hydrogen) atoms. The molecule has 0 aliphatic rings. The van der Waals surface area contributed by atoms with E-state index in [0.717, 1.165) is 10.0 Å². The highest BCUT2D eigenvalue weighted by Gasteiger charge is 2.15. The maximum atomic E-state index is 11.6. The maximum absolute atomic E-state index is 11.6. The first kappa shape index (κ1) is 13.7. The van der Waals surface area contributed by atoms with Crippen molar-refractivity contribution >= 4 is 27.8 Å². The topological polar surface area (TPSA) is 86.6 Å². The first-order valence-electron chi connectivity index (χ1n) is 4.87. The number of nitrogens with one attached hydrogen (secondary N) is 1. The van der Waals surface area contributed by atoms with E-state index in [-0.39, 0.29) is 6.54 Å². The van der Waals surface area contributed by atoms with Gasteiger partial charge in [-0.05, 0) is 24.6 Å². The molecular formula is C11H12BrNO4. The molecule has 1 unspecified atom stereocenters. The van der Waals surface area contributed by atoms with Crippen LogP contribution in [0, 0.1) is 6.92 Å². The molecule has 0 spiro atoms. The number of rotatable bonds is 4. The van der Waals surface area contributed by atoms with E-state index in [4.69, 9.17) is 10.2 Å². The van der Waals surface area contributed by atoms with E-state index in [1.54, 1.807) is 18.2 Å². The van der Waals surface area contributed by atoms with Crippen molar-refractivity contribution in [1.82, 2.24) is 5.32 Å². The highest BCUT2D eigenvalue weighted by atomic mass is 79.9. The quantitative estimate of drug-likeness (QED) is 0.772. The Kier molecular flexibility index (Phi) is 4.65. The molecule has 0 aliphatic heterocycles. The van der Waals surface area contributed by atoms with Gasteiger partial charge in [0.25, 0.3) is 5.91 Å². The fraction of sp³-hybridized carbons (Fsp3) is 0.273. The van der Waals surface area contributed by atoms with Crippen molar-refractivity contribution in [2.75, 3.05) is 6.54 Å². The molecule has 92 valence electrons. The van der Waals surface area contributed by atoms with Gasteiger partial charge in [-0.2, -0.15) is 0 Å². The Morgan fingerprint density at radius 3 is 2.65 bits per heavy atom. The number of halogens is 1. The minimum absolute atomic E-state index is 0.320. The highest BCUT2D eigenvalue weighted by molar-refractivity contribution is 9.10. The summed E-state index contributed by atoms with van der Waals surface area (Å²) in [4.78, 5) is 21.9. The second-order valence-electron chi connectivity index (χ2n) is 3.53. The molecule has 0 fully saturated rings. The molecule has 1 atom stereocenters. The highest BCUT2D eigenvalue weighted by Crippen LogP contribution is 2.17. The van der Waals surface area contributed by atoms with Crippen LogP contribution in [0.25, 0.3) is 0 Å². The Labute approximate surface area is 107 Å². The second-order valence-corrected chi connectivity index (χ2v) is 4.38. The monoisotopic (exact) mass is 301 g/mol. The third kappa shape index (κ3) is 3.83. The first-order valence-corrected chi connectivity index (χ1v) is 5.66. The smallest absolute Gasteiger partial charge is 0.334 e. The molecule has 1 aromatic rings. The molecule has 0 aliphatic carbocycles. The molecule has 0 aromatic heterocycles. The lowest BCUT2D eigenvalue weighted by atomic mass is 10.1. The Hall–Kier alpha value is -1.40. The fourth-order valence-corrected chi connectivity index (χ4v) is 1.49. The molecular weight excluding hydrogens is 290 g/mol. The summed E-state index contributed by atoms with van der Waals surface area (Å²) in [6, 6.07) is 5.03. The molecule has 1 rings (SSSR count). The number of benzene rings is 1. The lowest BCUT2D eigenvalue weighted by molar-refractivity contribution is -0.146. The standard InChI is InChI=1S/C11H12BrNO4/c1-6-2-3-7(4-8(6)12)10(15)13-5-9(14)11(16)17/h2-4,9,14H,5H2,1H3,(H,13,15)(H,16,17). The molecule has 1 amide bonds. The maximum Gasteiger partial charge on any atom is 0.334 e. The molecule has 3 N–H and O–H groups in total. The van der Waals surface area contributed by atoms with Crippen LogP contribution in [0.3, 0.4) is 0 Å². The predicted octanol–water partition coefficient (Wildman–Crippen LogP) is 0.933. The lowest BCUT2D eigenvalue weighted by Gasteiger charge is -2.08. The summed E-state index contributed by atoms with van der Waals surface area (Å²) in [6.45, 7) is 1.57. The summed E-state index contributed by atoms with van der Waals surface area (Å²) < 4.78 is 0.795. The van der Waals surface area contributed by atoms with E-state index in [0.29, 0.717) is 5.56 Å². The number of hydrogen-bond acceptors (Lipinski definition) is 3. The number of aryl methyl sites for hydroxylation is 1. The van der Waals surface area contributed by atoms with Crippen LogP contribution < -0.4 is 5.32 Å². The Bertz CT molecular complexity index is 447. The van der Waals surface area contributed by atoms with Gasteiger partial charge in [0.1, 0.15) is 0 Å². The number of aliphatic carboxylic acids is 1. The first-order chi connectivity index (χ1) is 7.91. The van der Waals surface area contributed by atoms with Gasteiger partial charge in [-0.15, -0.1) is 0 Å². The summed E-state index contributed by atoms with van der Waals surface area (Å²) >= 11 is 3.29. The van der Waals surface area contributed by atoms with Crippen molar-refractivity contribution in [3.8, 4) is 0 Å². The molecule has 0 bridgehead atoms. The van der Waals surface area contributed by atoms with Crippen LogP contribution >= 0.6 is 15.9 Å². The summed E-state index contributed by atoms with van der Waals surface area (Å²) in [5.41, 5.74) is 1.40. The van der Waals surface area contributed by atoms with Crippen molar-refractivity contribution < 1.29 is 19.8 Å². The van der Waals surface area contributed by atoms with Gasteiger partial charge in [0.2, 0.25) is 0 Å². The normalized spacial score (nSPS) is 11.9. The fourth-order valence-electron chi connectivity index (χ4n) is 1.11. The molecule has 6 heteroatoms. The molecule has 0 heterocycles. The van der Waals surface area contributed by atoms with Gasteiger partial charge >= 0.3 is 5.97 Å². The van der Waals surface area contributed by atoms with Gasteiger partial charge in [0.15, 0.2) is 6.10 Å². The number of carbonyl (C=O) groups excluding carboxylic acids is 1. The van der Waals surface area contributed by atoms with Crippen LogP contribution in [-0.2, 0) is 4.79 Å². The minimum atomic E-state index is -1.59. The molecule has 0 saturated carbocycles. The van der Waals surface area contributed by atoms with Crippen LogP contribution in [0.1, 0.15) is 15.9 Å². The third-order valence-corrected chi connectivity index (χ3v) is 3.03.